The second-order valence-corrected chi connectivity index (χ2v) is 5.79. The first-order valence-corrected chi connectivity index (χ1v) is 6.76. The Morgan fingerprint density at radius 2 is 1.72 bits per heavy atom. The third-order valence-electron chi connectivity index (χ3n) is 2.42. The molecule has 0 unspecified atom stereocenters. The van der Waals surface area contributed by atoms with Gasteiger partial charge in [0.25, 0.3) is 5.91 Å². The largest absolute Gasteiger partial charge is 0.289 e. The Morgan fingerprint density at radius 3 is 2.17 bits per heavy atom. The van der Waals surface area contributed by atoms with Gasteiger partial charge < -0.3 is 0 Å². The van der Waals surface area contributed by atoms with Crippen LogP contribution in [-0.2, 0) is 14.8 Å². The van der Waals surface area contributed by atoms with Crippen LogP contribution in [0.25, 0.3) is 0 Å². The number of carbonyl (C=O) groups excluding carboxylic acids is 1. The molecular weight excluding hydrogens is 256 g/mol. The summed E-state index contributed by atoms with van der Waals surface area (Å²) < 4.78 is 26.2. The van der Waals surface area contributed by atoms with Crippen LogP contribution in [0.1, 0.15) is 16.7 Å². The summed E-state index contributed by atoms with van der Waals surface area (Å²) in [5.41, 5.74) is 3.56. The fourth-order valence-corrected chi connectivity index (χ4v) is 3.29. The molecule has 0 fully saturated rings. The lowest BCUT2D eigenvalue weighted by molar-refractivity contribution is -0.127. The Labute approximate surface area is 106 Å². The van der Waals surface area contributed by atoms with Crippen LogP contribution in [0, 0.1) is 20.8 Å². The van der Waals surface area contributed by atoms with Crippen LogP contribution in [0.4, 0.5) is 0 Å². The lowest BCUT2D eigenvalue weighted by atomic mass is 10.1. The first kappa shape index (κ1) is 14.6. The summed E-state index contributed by atoms with van der Waals surface area (Å²) in [5.74, 6) is -0.819. The van der Waals surface area contributed by atoms with Crippen molar-refractivity contribution in [1.82, 2.24) is 10.2 Å². The van der Waals surface area contributed by atoms with Crippen molar-refractivity contribution in [2.45, 2.75) is 25.7 Å². The predicted molar refractivity (Wildman–Crippen MR) is 65.8 cm³/mol. The second kappa shape index (κ2) is 5.47. The standard InChI is InChI=1S/C11H16N2O4S/c1-7-4-8(2)11(9(3)5-7)18(16,17)12-6-10(14)13-15/h4-5,12,15H,6H2,1-3H3,(H,13,14). The highest BCUT2D eigenvalue weighted by atomic mass is 32.2. The van der Waals surface area contributed by atoms with Gasteiger partial charge in [0.15, 0.2) is 0 Å². The van der Waals surface area contributed by atoms with Crippen molar-refractivity contribution in [1.29, 1.82) is 0 Å². The van der Waals surface area contributed by atoms with E-state index in [1.54, 1.807) is 26.0 Å². The topological polar surface area (TPSA) is 95.5 Å². The first-order chi connectivity index (χ1) is 8.27. The zero-order chi connectivity index (χ0) is 13.9. The number of rotatable bonds is 4. The number of sulfonamides is 1. The number of hydroxylamine groups is 1. The third kappa shape index (κ3) is 3.28. The molecule has 0 saturated carbocycles. The number of aryl methyl sites for hydroxylation is 3. The van der Waals surface area contributed by atoms with E-state index in [0.717, 1.165) is 5.56 Å². The molecule has 0 atom stereocenters. The van der Waals surface area contributed by atoms with Crippen LogP contribution < -0.4 is 10.2 Å². The van der Waals surface area contributed by atoms with Gasteiger partial charge in [-0.3, -0.25) is 10.0 Å². The highest BCUT2D eigenvalue weighted by Gasteiger charge is 2.20. The first-order valence-electron chi connectivity index (χ1n) is 5.28. The quantitative estimate of drug-likeness (QED) is 0.546. The molecule has 100 valence electrons. The van der Waals surface area contributed by atoms with Gasteiger partial charge in [0, 0.05) is 0 Å². The molecule has 0 aliphatic carbocycles. The van der Waals surface area contributed by atoms with Crippen molar-refractivity contribution in [3.63, 3.8) is 0 Å². The molecular formula is C11H16N2O4S. The average Bonchev–Trinajstić information content (AvgIpc) is 2.24. The van der Waals surface area contributed by atoms with Crippen LogP contribution >= 0.6 is 0 Å². The van der Waals surface area contributed by atoms with Crippen molar-refractivity contribution in [3.05, 3.63) is 28.8 Å². The minimum atomic E-state index is -3.77. The molecule has 1 aromatic rings. The molecule has 1 amide bonds. The minimum absolute atomic E-state index is 0.166. The zero-order valence-corrected chi connectivity index (χ0v) is 11.3. The van der Waals surface area contributed by atoms with E-state index in [4.69, 9.17) is 5.21 Å². The number of benzene rings is 1. The Morgan fingerprint density at radius 1 is 1.22 bits per heavy atom. The summed E-state index contributed by atoms with van der Waals surface area (Å²) in [4.78, 5) is 11.0. The summed E-state index contributed by atoms with van der Waals surface area (Å²) in [7, 11) is -3.77. The maximum Gasteiger partial charge on any atom is 0.258 e. The van der Waals surface area contributed by atoms with E-state index in [2.05, 4.69) is 4.72 Å². The van der Waals surface area contributed by atoms with Crippen LogP contribution in [0.5, 0.6) is 0 Å². The monoisotopic (exact) mass is 272 g/mol. The number of hydrogen-bond donors (Lipinski definition) is 3. The van der Waals surface area contributed by atoms with E-state index in [-0.39, 0.29) is 4.90 Å². The van der Waals surface area contributed by atoms with E-state index < -0.39 is 22.5 Å². The maximum absolute atomic E-state index is 12.0. The van der Waals surface area contributed by atoms with Crippen molar-refractivity contribution < 1.29 is 18.4 Å². The molecule has 3 N–H and O–H groups in total. The second-order valence-electron chi connectivity index (χ2n) is 4.09. The summed E-state index contributed by atoms with van der Waals surface area (Å²) in [6.07, 6.45) is 0. The summed E-state index contributed by atoms with van der Waals surface area (Å²) in [6, 6.07) is 3.52. The highest BCUT2D eigenvalue weighted by molar-refractivity contribution is 7.89. The zero-order valence-electron chi connectivity index (χ0n) is 10.4. The van der Waals surface area contributed by atoms with Crippen molar-refractivity contribution in [2.24, 2.45) is 0 Å². The van der Waals surface area contributed by atoms with Crippen molar-refractivity contribution in [2.75, 3.05) is 6.54 Å². The lowest BCUT2D eigenvalue weighted by Gasteiger charge is -2.12. The predicted octanol–water partition coefficient (Wildman–Crippen LogP) is 0.396. The van der Waals surface area contributed by atoms with E-state index in [0.29, 0.717) is 11.1 Å². The Bertz CT molecular complexity index is 543. The molecule has 18 heavy (non-hydrogen) atoms. The summed E-state index contributed by atoms with van der Waals surface area (Å²) >= 11 is 0. The molecule has 1 aromatic carbocycles. The normalized spacial score (nSPS) is 11.3. The van der Waals surface area contributed by atoms with E-state index in [1.165, 1.54) is 5.48 Å². The average molecular weight is 272 g/mol. The molecule has 0 heterocycles. The number of carbonyl (C=O) groups is 1. The van der Waals surface area contributed by atoms with Gasteiger partial charge in [0.05, 0.1) is 11.4 Å². The van der Waals surface area contributed by atoms with Crippen LogP contribution in [0.3, 0.4) is 0 Å². The Hall–Kier alpha value is -1.44. The lowest BCUT2D eigenvalue weighted by Crippen LogP contribution is -2.35. The van der Waals surface area contributed by atoms with E-state index in [9.17, 15) is 13.2 Å². The fraction of sp³-hybridized carbons (Fsp3) is 0.364. The fourth-order valence-electron chi connectivity index (χ4n) is 1.86. The number of nitrogens with one attached hydrogen (secondary N) is 2. The van der Waals surface area contributed by atoms with Gasteiger partial charge in [-0.25, -0.2) is 18.6 Å². The van der Waals surface area contributed by atoms with Crippen LogP contribution in [0.2, 0.25) is 0 Å². The molecule has 0 aliphatic heterocycles. The third-order valence-corrected chi connectivity index (χ3v) is 4.13. The molecule has 6 nitrogen and oxygen atoms in total. The number of hydrogen-bond acceptors (Lipinski definition) is 4. The Kier molecular flexibility index (Phi) is 4.44. The van der Waals surface area contributed by atoms with Crippen LogP contribution in [0.15, 0.2) is 17.0 Å². The molecule has 0 bridgehead atoms. The minimum Gasteiger partial charge on any atom is -0.289 e. The molecule has 7 heteroatoms. The van der Waals surface area contributed by atoms with Crippen molar-refractivity contribution in [3.8, 4) is 0 Å². The molecule has 0 aliphatic rings. The highest BCUT2D eigenvalue weighted by Crippen LogP contribution is 2.21. The smallest absolute Gasteiger partial charge is 0.258 e. The van der Waals surface area contributed by atoms with Crippen LogP contribution in [-0.4, -0.2) is 26.1 Å². The number of amides is 1. The Balaban J connectivity index is 3.10. The molecule has 0 aromatic heterocycles. The molecule has 0 radical (unpaired) electrons. The van der Waals surface area contributed by atoms with Gasteiger partial charge >= 0.3 is 0 Å². The molecule has 0 spiro atoms. The van der Waals surface area contributed by atoms with E-state index in [1.807, 2.05) is 6.92 Å². The summed E-state index contributed by atoms with van der Waals surface area (Å²) in [6.45, 7) is 4.76. The van der Waals surface area contributed by atoms with E-state index >= 15 is 0 Å². The molecule has 0 saturated heterocycles. The van der Waals surface area contributed by atoms with Gasteiger partial charge in [-0.2, -0.15) is 0 Å². The maximum atomic E-state index is 12.0. The van der Waals surface area contributed by atoms with Gasteiger partial charge in [0.1, 0.15) is 0 Å². The van der Waals surface area contributed by atoms with Gasteiger partial charge in [0.2, 0.25) is 10.0 Å². The van der Waals surface area contributed by atoms with Gasteiger partial charge in [-0.15, -0.1) is 0 Å². The SMILES string of the molecule is Cc1cc(C)c(S(=O)(=O)NCC(=O)NO)c(C)c1. The molecule has 1 rings (SSSR count). The van der Waals surface area contributed by atoms with Gasteiger partial charge in [-0.1, -0.05) is 17.7 Å². The van der Waals surface area contributed by atoms with Crippen molar-refractivity contribution >= 4 is 15.9 Å². The summed E-state index contributed by atoms with van der Waals surface area (Å²) in [5, 5.41) is 8.31. The van der Waals surface area contributed by atoms with Gasteiger partial charge in [-0.05, 0) is 31.9 Å².